The number of carbonyl (C=O) groups excluding carboxylic acids is 1. The van der Waals surface area contributed by atoms with E-state index in [1.807, 2.05) is 24.3 Å². The Balaban J connectivity index is 1.58. The molecule has 0 bridgehead atoms. The number of benzene rings is 1. The largest absolute Gasteiger partial charge is 0.497 e. The Bertz CT molecular complexity index is 898. The lowest BCUT2D eigenvalue weighted by molar-refractivity contribution is -0.157. The normalized spacial score (nSPS) is 23.9. The molecule has 3 heterocycles. The summed E-state index contributed by atoms with van der Waals surface area (Å²) in [4.78, 5) is 30.9. The van der Waals surface area contributed by atoms with Crippen molar-refractivity contribution in [2.75, 3.05) is 33.4 Å². The quantitative estimate of drug-likeness (QED) is 0.873. The molecule has 1 aromatic carbocycles. The molecular weight excluding hydrogens is 360 g/mol. The monoisotopic (exact) mass is 382 g/mol. The van der Waals surface area contributed by atoms with E-state index >= 15 is 0 Å². The molecule has 1 N–H and O–H groups in total. The van der Waals surface area contributed by atoms with Crippen LogP contribution in [0.4, 0.5) is 0 Å². The zero-order valence-electron chi connectivity index (χ0n) is 15.6. The van der Waals surface area contributed by atoms with Gasteiger partial charge in [-0.3, -0.25) is 14.6 Å². The fourth-order valence-electron chi connectivity index (χ4n) is 4.13. The maximum Gasteiger partial charge on any atom is 0.311 e. The van der Waals surface area contributed by atoms with E-state index in [1.54, 1.807) is 24.3 Å². The molecule has 146 valence electrons. The molecule has 7 nitrogen and oxygen atoms in total. The van der Waals surface area contributed by atoms with Crippen molar-refractivity contribution >= 4 is 11.9 Å². The molecule has 2 aromatic rings. The molecule has 0 radical (unpaired) electrons. The number of hydrogen-bond donors (Lipinski definition) is 1. The first-order valence-corrected chi connectivity index (χ1v) is 9.23. The number of carbonyl (C=O) groups is 2. The van der Waals surface area contributed by atoms with Crippen LogP contribution >= 0.6 is 0 Å². The summed E-state index contributed by atoms with van der Waals surface area (Å²) in [6.07, 6.45) is 3.66. The van der Waals surface area contributed by atoms with Crippen molar-refractivity contribution in [3.63, 3.8) is 0 Å². The summed E-state index contributed by atoms with van der Waals surface area (Å²) in [7, 11) is 1.61. The van der Waals surface area contributed by atoms with Gasteiger partial charge in [0.15, 0.2) is 0 Å². The van der Waals surface area contributed by atoms with Crippen LogP contribution in [0.15, 0.2) is 42.7 Å². The highest BCUT2D eigenvalue weighted by molar-refractivity contribution is 5.96. The van der Waals surface area contributed by atoms with Crippen LogP contribution < -0.4 is 4.74 Å². The molecule has 1 aromatic heterocycles. The summed E-state index contributed by atoms with van der Waals surface area (Å²) >= 11 is 0. The van der Waals surface area contributed by atoms with Gasteiger partial charge in [-0.05, 0) is 30.2 Å². The molecule has 7 heteroatoms. The number of likely N-dealkylation sites (tertiary alicyclic amines) is 1. The third-order valence-corrected chi connectivity index (χ3v) is 5.83. The van der Waals surface area contributed by atoms with E-state index in [2.05, 4.69) is 4.98 Å². The molecule has 0 spiro atoms. The Morgan fingerprint density at radius 1 is 1.25 bits per heavy atom. The van der Waals surface area contributed by atoms with E-state index in [-0.39, 0.29) is 18.4 Å². The van der Waals surface area contributed by atoms with E-state index < -0.39 is 11.4 Å². The maximum atomic E-state index is 13.1. The van der Waals surface area contributed by atoms with Crippen molar-refractivity contribution in [3.8, 4) is 16.9 Å². The number of carboxylic acids is 1. The number of rotatable bonds is 4. The van der Waals surface area contributed by atoms with Crippen LogP contribution in [-0.2, 0) is 9.53 Å². The maximum absolute atomic E-state index is 13.1. The highest BCUT2D eigenvalue weighted by atomic mass is 16.5. The SMILES string of the molecule is COc1ccc(-c2cncc(C(=O)N3C[C@H]4COCC[C@@]4(C(=O)O)C3)c2)cc1. The van der Waals surface area contributed by atoms with Crippen molar-refractivity contribution in [1.82, 2.24) is 9.88 Å². The number of aromatic nitrogens is 1. The number of pyridine rings is 1. The molecular formula is C21H22N2O5. The number of hydrogen-bond acceptors (Lipinski definition) is 5. The molecule has 28 heavy (non-hydrogen) atoms. The van der Waals surface area contributed by atoms with Crippen LogP contribution in [0.3, 0.4) is 0 Å². The number of aliphatic carboxylic acids is 1. The summed E-state index contributed by atoms with van der Waals surface area (Å²) in [6, 6.07) is 9.32. The van der Waals surface area contributed by atoms with Gasteiger partial charge in [0.2, 0.25) is 0 Å². The van der Waals surface area contributed by atoms with Crippen LogP contribution in [-0.4, -0.2) is 60.3 Å². The first kappa shape index (κ1) is 18.4. The van der Waals surface area contributed by atoms with Crippen LogP contribution in [0.5, 0.6) is 5.75 Å². The number of ether oxygens (including phenoxy) is 2. The Labute approximate surface area is 162 Å². The van der Waals surface area contributed by atoms with Gasteiger partial charge in [0, 0.05) is 43.6 Å². The van der Waals surface area contributed by atoms with Gasteiger partial charge in [-0.1, -0.05) is 12.1 Å². The fraction of sp³-hybridized carbons (Fsp3) is 0.381. The lowest BCUT2D eigenvalue weighted by atomic mass is 9.74. The Hall–Kier alpha value is -2.93. The fourth-order valence-corrected chi connectivity index (χ4v) is 4.13. The number of carboxylic acid groups (broad SMARTS) is 1. The van der Waals surface area contributed by atoms with Gasteiger partial charge in [-0.15, -0.1) is 0 Å². The summed E-state index contributed by atoms with van der Waals surface area (Å²) in [6.45, 7) is 1.39. The molecule has 0 aliphatic carbocycles. The van der Waals surface area contributed by atoms with Crippen molar-refractivity contribution in [1.29, 1.82) is 0 Å². The number of nitrogens with zero attached hydrogens (tertiary/aromatic N) is 2. The second kappa shape index (κ2) is 7.24. The molecule has 4 rings (SSSR count). The van der Waals surface area contributed by atoms with E-state index in [4.69, 9.17) is 9.47 Å². The van der Waals surface area contributed by atoms with Gasteiger partial charge < -0.3 is 19.5 Å². The second-order valence-electron chi connectivity index (χ2n) is 7.36. The molecule has 1 amide bonds. The zero-order valence-corrected chi connectivity index (χ0v) is 15.6. The molecule has 2 fully saturated rings. The smallest absolute Gasteiger partial charge is 0.311 e. The third-order valence-electron chi connectivity index (χ3n) is 5.83. The standard InChI is InChI=1S/C21H22N2O5/c1-27-18-4-2-14(3-5-18)15-8-16(10-22-9-15)19(24)23-11-17-12-28-7-6-21(17,13-23)20(25)26/h2-5,8-10,17H,6-7,11-13H2,1H3,(H,25,26)/t17-,21+/m0/s1. The van der Waals surface area contributed by atoms with Crippen LogP contribution in [0.1, 0.15) is 16.8 Å². The number of fused-ring (bicyclic) bond motifs is 1. The summed E-state index contributed by atoms with van der Waals surface area (Å²) in [5.41, 5.74) is 1.29. The van der Waals surface area contributed by atoms with Crippen molar-refractivity contribution in [2.45, 2.75) is 6.42 Å². The molecule has 2 saturated heterocycles. The Morgan fingerprint density at radius 3 is 2.71 bits per heavy atom. The van der Waals surface area contributed by atoms with Crippen molar-refractivity contribution in [2.24, 2.45) is 11.3 Å². The van der Waals surface area contributed by atoms with Crippen molar-refractivity contribution in [3.05, 3.63) is 48.3 Å². The molecule has 0 unspecified atom stereocenters. The van der Waals surface area contributed by atoms with Crippen LogP contribution in [0.25, 0.3) is 11.1 Å². The van der Waals surface area contributed by atoms with E-state index in [0.29, 0.717) is 31.7 Å². The van der Waals surface area contributed by atoms with Gasteiger partial charge in [0.05, 0.1) is 24.7 Å². The van der Waals surface area contributed by atoms with Crippen LogP contribution in [0, 0.1) is 11.3 Å². The van der Waals surface area contributed by atoms with Gasteiger partial charge >= 0.3 is 5.97 Å². The lowest BCUT2D eigenvalue weighted by Gasteiger charge is -2.33. The molecule has 0 saturated carbocycles. The predicted octanol–water partition coefficient (Wildman–Crippen LogP) is 2.32. The van der Waals surface area contributed by atoms with Crippen molar-refractivity contribution < 1.29 is 24.2 Å². The molecule has 2 aliphatic rings. The molecule has 2 aliphatic heterocycles. The van der Waals surface area contributed by atoms with Gasteiger partial charge in [0.25, 0.3) is 5.91 Å². The van der Waals surface area contributed by atoms with Gasteiger partial charge in [-0.25, -0.2) is 0 Å². The highest BCUT2D eigenvalue weighted by Crippen LogP contribution is 2.42. The lowest BCUT2D eigenvalue weighted by Crippen LogP contribution is -2.45. The first-order valence-electron chi connectivity index (χ1n) is 9.23. The Kier molecular flexibility index (Phi) is 4.77. The van der Waals surface area contributed by atoms with E-state index in [9.17, 15) is 14.7 Å². The predicted molar refractivity (Wildman–Crippen MR) is 101 cm³/mol. The second-order valence-corrected chi connectivity index (χ2v) is 7.36. The van der Waals surface area contributed by atoms with E-state index in [0.717, 1.165) is 16.9 Å². The minimum absolute atomic E-state index is 0.180. The average Bonchev–Trinajstić information content (AvgIpc) is 3.14. The van der Waals surface area contributed by atoms with Gasteiger partial charge in [0.1, 0.15) is 5.75 Å². The summed E-state index contributed by atoms with van der Waals surface area (Å²) in [5.74, 6) is -0.468. The third kappa shape index (κ3) is 3.11. The van der Waals surface area contributed by atoms with Crippen LogP contribution in [0.2, 0.25) is 0 Å². The highest BCUT2D eigenvalue weighted by Gasteiger charge is 2.54. The summed E-state index contributed by atoms with van der Waals surface area (Å²) < 4.78 is 10.6. The van der Waals surface area contributed by atoms with Gasteiger partial charge in [-0.2, -0.15) is 0 Å². The topological polar surface area (TPSA) is 89.0 Å². The number of methoxy groups -OCH3 is 1. The first-order chi connectivity index (χ1) is 13.5. The molecule has 2 atom stereocenters. The summed E-state index contributed by atoms with van der Waals surface area (Å²) in [5, 5.41) is 9.79. The minimum Gasteiger partial charge on any atom is -0.497 e. The number of amides is 1. The Morgan fingerprint density at radius 2 is 2.04 bits per heavy atom. The minimum atomic E-state index is -0.908. The zero-order chi connectivity index (χ0) is 19.7. The van der Waals surface area contributed by atoms with E-state index in [1.165, 1.54) is 6.20 Å². The average molecular weight is 382 g/mol.